The first-order valence-corrected chi connectivity index (χ1v) is 6.64. The average Bonchev–Trinajstić information content (AvgIpc) is 2.85. The Morgan fingerprint density at radius 2 is 2.26 bits per heavy atom. The molecule has 0 bridgehead atoms. The van der Waals surface area contributed by atoms with Gasteiger partial charge >= 0.3 is 0 Å². The molecule has 1 heterocycles. The van der Waals surface area contributed by atoms with Gasteiger partial charge in [-0.25, -0.2) is 0 Å². The number of benzene rings is 1. The van der Waals surface area contributed by atoms with E-state index in [1.807, 2.05) is 19.1 Å². The van der Waals surface area contributed by atoms with E-state index in [-0.39, 0.29) is 19.2 Å². The van der Waals surface area contributed by atoms with E-state index in [1.165, 1.54) is 0 Å². The summed E-state index contributed by atoms with van der Waals surface area (Å²) in [5.41, 5.74) is 0.956. The first-order chi connectivity index (χ1) is 9.20. The predicted molar refractivity (Wildman–Crippen MR) is 72.6 cm³/mol. The number of carbonyl (C=O) groups is 1. The Hall–Kier alpha value is -1.46. The number of halogens is 1. The molecule has 0 saturated heterocycles. The number of hydrogen-bond acceptors (Lipinski definition) is 4. The molecule has 6 heteroatoms. The molecule has 1 aliphatic heterocycles. The van der Waals surface area contributed by atoms with Crippen LogP contribution in [-0.2, 0) is 11.3 Å². The van der Waals surface area contributed by atoms with Crippen LogP contribution in [-0.4, -0.2) is 25.8 Å². The van der Waals surface area contributed by atoms with Crippen molar-refractivity contribution in [2.24, 2.45) is 0 Å². The fourth-order valence-corrected chi connectivity index (χ4v) is 2.06. The molecule has 1 aliphatic rings. The van der Waals surface area contributed by atoms with Crippen molar-refractivity contribution in [2.45, 2.75) is 19.9 Å². The van der Waals surface area contributed by atoms with Crippen LogP contribution in [0.5, 0.6) is 11.5 Å². The Bertz CT molecular complexity index is 465. The van der Waals surface area contributed by atoms with E-state index in [9.17, 15) is 4.79 Å². The first-order valence-electron chi connectivity index (χ1n) is 6.26. The number of amides is 1. The number of fused-ring (bicyclic) bond motifs is 1. The molecule has 0 unspecified atom stereocenters. The lowest BCUT2D eigenvalue weighted by molar-refractivity contribution is -0.120. The van der Waals surface area contributed by atoms with E-state index >= 15 is 0 Å². The summed E-state index contributed by atoms with van der Waals surface area (Å²) in [5, 5.41) is 6.39. The Balaban J connectivity index is 1.83. The van der Waals surface area contributed by atoms with Gasteiger partial charge in [-0.15, -0.1) is 0 Å². The van der Waals surface area contributed by atoms with E-state index in [4.69, 9.17) is 21.1 Å². The Morgan fingerprint density at radius 3 is 3.05 bits per heavy atom. The average molecular weight is 285 g/mol. The van der Waals surface area contributed by atoms with Crippen molar-refractivity contribution in [2.75, 3.05) is 19.9 Å². The lowest BCUT2D eigenvalue weighted by Crippen LogP contribution is -2.33. The predicted octanol–water partition coefficient (Wildman–Crippen LogP) is 1.68. The number of carbonyl (C=O) groups excluding carboxylic acids is 1. The minimum atomic E-state index is -0.00584. The molecule has 104 valence electrons. The van der Waals surface area contributed by atoms with E-state index in [1.54, 1.807) is 0 Å². The molecule has 1 amide bonds. The molecule has 0 spiro atoms. The molecule has 0 saturated carbocycles. The lowest BCUT2D eigenvalue weighted by atomic mass is 10.2. The lowest BCUT2D eigenvalue weighted by Gasteiger charge is -2.07. The van der Waals surface area contributed by atoms with Gasteiger partial charge in [0.25, 0.3) is 0 Å². The zero-order valence-corrected chi connectivity index (χ0v) is 11.5. The highest BCUT2D eigenvalue weighted by Gasteiger charge is 2.18. The maximum Gasteiger partial charge on any atom is 0.233 e. The van der Waals surface area contributed by atoms with Gasteiger partial charge in [-0.05, 0) is 24.1 Å². The Morgan fingerprint density at radius 1 is 1.42 bits per heavy atom. The third kappa shape index (κ3) is 3.75. The molecule has 5 nitrogen and oxygen atoms in total. The van der Waals surface area contributed by atoms with Crippen molar-refractivity contribution in [1.29, 1.82) is 0 Å². The van der Waals surface area contributed by atoms with Crippen molar-refractivity contribution < 1.29 is 14.3 Å². The highest BCUT2D eigenvalue weighted by Crippen LogP contribution is 2.39. The molecule has 19 heavy (non-hydrogen) atoms. The molecule has 1 aromatic rings. The summed E-state index contributed by atoms with van der Waals surface area (Å²) >= 11 is 6.07. The first kappa shape index (κ1) is 14.0. The summed E-state index contributed by atoms with van der Waals surface area (Å²) in [4.78, 5) is 11.4. The summed E-state index contributed by atoms with van der Waals surface area (Å²) in [6, 6.07) is 3.68. The molecule has 0 aliphatic carbocycles. The molecule has 0 fully saturated rings. The molecular weight excluding hydrogens is 268 g/mol. The van der Waals surface area contributed by atoms with Crippen LogP contribution in [0, 0.1) is 0 Å². The number of rotatable bonds is 6. The number of ether oxygens (including phenoxy) is 2. The second-order valence-electron chi connectivity index (χ2n) is 4.26. The van der Waals surface area contributed by atoms with Gasteiger partial charge in [-0.1, -0.05) is 18.5 Å². The topological polar surface area (TPSA) is 59.6 Å². The summed E-state index contributed by atoms with van der Waals surface area (Å²) in [6.07, 6.45) is 0.934. The normalized spacial score (nSPS) is 12.5. The minimum absolute atomic E-state index is 0.00584. The van der Waals surface area contributed by atoms with Crippen LogP contribution in [0.1, 0.15) is 18.9 Å². The van der Waals surface area contributed by atoms with Crippen molar-refractivity contribution in [1.82, 2.24) is 10.6 Å². The van der Waals surface area contributed by atoms with Crippen LogP contribution in [0.25, 0.3) is 0 Å². The van der Waals surface area contributed by atoms with Crippen LogP contribution in [0.3, 0.4) is 0 Å². The van der Waals surface area contributed by atoms with E-state index in [2.05, 4.69) is 10.6 Å². The van der Waals surface area contributed by atoms with Crippen LogP contribution in [0.15, 0.2) is 12.1 Å². The second kappa shape index (κ2) is 6.63. The quantitative estimate of drug-likeness (QED) is 0.834. The standard InChI is InChI=1S/C13H17ClN2O3/c1-2-3-16-12(17)7-15-6-9-4-10(14)13-11(5-9)18-8-19-13/h4-5,15H,2-3,6-8H2,1H3,(H,16,17). The molecule has 1 aromatic carbocycles. The van der Waals surface area contributed by atoms with Gasteiger partial charge in [-0.2, -0.15) is 0 Å². The minimum Gasteiger partial charge on any atom is -0.454 e. The molecule has 0 aromatic heterocycles. The highest BCUT2D eigenvalue weighted by atomic mass is 35.5. The molecule has 2 rings (SSSR count). The highest BCUT2D eigenvalue weighted by molar-refractivity contribution is 6.32. The van der Waals surface area contributed by atoms with E-state index in [0.29, 0.717) is 29.6 Å². The Kier molecular flexibility index (Phi) is 4.87. The number of hydrogen-bond donors (Lipinski definition) is 2. The van der Waals surface area contributed by atoms with Gasteiger partial charge in [0.15, 0.2) is 11.5 Å². The van der Waals surface area contributed by atoms with Crippen LogP contribution in [0.4, 0.5) is 0 Å². The molecule has 0 atom stereocenters. The summed E-state index contributed by atoms with van der Waals surface area (Å²) in [5.74, 6) is 1.24. The fourth-order valence-electron chi connectivity index (χ4n) is 1.77. The molecular formula is C13H17ClN2O3. The number of nitrogens with one attached hydrogen (secondary N) is 2. The summed E-state index contributed by atoms with van der Waals surface area (Å²) in [6.45, 7) is 3.76. The maximum atomic E-state index is 11.4. The molecule has 0 radical (unpaired) electrons. The van der Waals surface area contributed by atoms with Crippen LogP contribution >= 0.6 is 11.6 Å². The largest absolute Gasteiger partial charge is 0.454 e. The van der Waals surface area contributed by atoms with E-state index < -0.39 is 0 Å². The van der Waals surface area contributed by atoms with Crippen LogP contribution < -0.4 is 20.1 Å². The third-order valence-corrected chi connectivity index (χ3v) is 2.95. The van der Waals surface area contributed by atoms with Gasteiger partial charge in [0.05, 0.1) is 11.6 Å². The summed E-state index contributed by atoms with van der Waals surface area (Å²) < 4.78 is 10.5. The zero-order valence-electron chi connectivity index (χ0n) is 10.8. The van der Waals surface area contributed by atoms with Crippen molar-refractivity contribution in [3.63, 3.8) is 0 Å². The van der Waals surface area contributed by atoms with Gasteiger partial charge in [0, 0.05) is 13.1 Å². The van der Waals surface area contributed by atoms with Gasteiger partial charge in [-0.3, -0.25) is 4.79 Å². The van der Waals surface area contributed by atoms with Crippen molar-refractivity contribution in [3.8, 4) is 11.5 Å². The zero-order chi connectivity index (χ0) is 13.7. The smallest absolute Gasteiger partial charge is 0.233 e. The van der Waals surface area contributed by atoms with E-state index in [0.717, 1.165) is 12.0 Å². The van der Waals surface area contributed by atoms with Gasteiger partial charge < -0.3 is 20.1 Å². The van der Waals surface area contributed by atoms with Gasteiger partial charge in [0.1, 0.15) is 0 Å². The fraction of sp³-hybridized carbons (Fsp3) is 0.462. The summed E-state index contributed by atoms with van der Waals surface area (Å²) in [7, 11) is 0. The monoisotopic (exact) mass is 284 g/mol. The van der Waals surface area contributed by atoms with Crippen molar-refractivity contribution >= 4 is 17.5 Å². The van der Waals surface area contributed by atoms with Crippen LogP contribution in [0.2, 0.25) is 5.02 Å². The van der Waals surface area contributed by atoms with Gasteiger partial charge in [0.2, 0.25) is 12.7 Å². The Labute approximate surface area is 117 Å². The van der Waals surface area contributed by atoms with Crippen molar-refractivity contribution in [3.05, 3.63) is 22.7 Å². The molecule has 2 N–H and O–H groups in total. The maximum absolute atomic E-state index is 11.4. The second-order valence-corrected chi connectivity index (χ2v) is 4.67. The third-order valence-electron chi connectivity index (χ3n) is 2.67. The SMILES string of the molecule is CCCNC(=O)CNCc1cc(Cl)c2c(c1)OCO2.